The minimum absolute atomic E-state index is 0.115. The van der Waals surface area contributed by atoms with Crippen LogP contribution in [0.1, 0.15) is 39.8 Å². The Balaban J connectivity index is 1.19. The van der Waals surface area contributed by atoms with E-state index in [0.717, 1.165) is 64.0 Å². The van der Waals surface area contributed by atoms with E-state index < -0.39 is 0 Å². The van der Waals surface area contributed by atoms with Gasteiger partial charge in [0.25, 0.3) is 5.91 Å². The molecule has 0 saturated carbocycles. The van der Waals surface area contributed by atoms with Gasteiger partial charge in [0, 0.05) is 42.0 Å². The minimum atomic E-state index is 0.115. The van der Waals surface area contributed by atoms with Gasteiger partial charge >= 0.3 is 0 Å². The van der Waals surface area contributed by atoms with E-state index in [-0.39, 0.29) is 5.91 Å². The smallest absolute Gasteiger partial charge is 0.255 e. The lowest BCUT2D eigenvalue weighted by atomic mass is 9.98. The summed E-state index contributed by atoms with van der Waals surface area (Å²) in [6.45, 7) is 1.52. The molecule has 3 aromatic heterocycles. The molecule has 5 nitrogen and oxygen atoms in total. The summed E-state index contributed by atoms with van der Waals surface area (Å²) in [6, 6.07) is 22.2. The van der Waals surface area contributed by atoms with Crippen molar-refractivity contribution in [2.75, 3.05) is 13.1 Å². The maximum atomic E-state index is 13.6. The number of para-hydroxylation sites is 1. The Kier molecular flexibility index (Phi) is 5.81. The fourth-order valence-corrected chi connectivity index (χ4v) is 6.60. The first-order chi connectivity index (χ1) is 16.7. The minimum Gasteiger partial charge on any atom is -0.338 e. The van der Waals surface area contributed by atoms with Crippen LogP contribution in [-0.2, 0) is 5.75 Å². The van der Waals surface area contributed by atoms with Gasteiger partial charge in [0.1, 0.15) is 5.65 Å². The zero-order valence-electron chi connectivity index (χ0n) is 18.6. The molecule has 2 aromatic carbocycles. The quantitative estimate of drug-likeness (QED) is 0.277. The number of carbonyl (C=O) groups excluding carboxylic acids is 1. The number of amides is 1. The van der Waals surface area contributed by atoms with Crippen LogP contribution in [0.25, 0.3) is 15.9 Å². The molecule has 1 atom stereocenters. The van der Waals surface area contributed by atoms with Crippen molar-refractivity contribution < 1.29 is 4.79 Å². The molecule has 0 spiro atoms. The third kappa shape index (κ3) is 4.21. The van der Waals surface area contributed by atoms with Gasteiger partial charge in [-0.15, -0.1) is 23.1 Å². The first-order valence-corrected chi connectivity index (χ1v) is 13.3. The largest absolute Gasteiger partial charge is 0.338 e. The molecule has 7 heteroatoms. The van der Waals surface area contributed by atoms with Gasteiger partial charge in [0.05, 0.1) is 26.5 Å². The Morgan fingerprint density at radius 2 is 1.88 bits per heavy atom. The Morgan fingerprint density at radius 1 is 1.03 bits per heavy atom. The van der Waals surface area contributed by atoms with Crippen molar-refractivity contribution in [3.63, 3.8) is 0 Å². The van der Waals surface area contributed by atoms with Crippen LogP contribution in [0.5, 0.6) is 0 Å². The molecule has 0 bridgehead atoms. The van der Waals surface area contributed by atoms with E-state index in [9.17, 15) is 4.79 Å². The van der Waals surface area contributed by atoms with Gasteiger partial charge in [-0.25, -0.2) is 9.97 Å². The number of nitrogens with zero attached hydrogens (tertiary/aromatic N) is 4. The van der Waals surface area contributed by atoms with E-state index in [1.54, 1.807) is 23.1 Å². The lowest BCUT2D eigenvalue weighted by Crippen LogP contribution is -2.39. The van der Waals surface area contributed by atoms with E-state index in [4.69, 9.17) is 9.97 Å². The summed E-state index contributed by atoms with van der Waals surface area (Å²) in [4.78, 5) is 26.2. The molecule has 0 unspecified atom stereocenters. The highest BCUT2D eigenvalue weighted by atomic mass is 32.2. The number of imidazole rings is 1. The van der Waals surface area contributed by atoms with Crippen LogP contribution in [-0.4, -0.2) is 38.3 Å². The van der Waals surface area contributed by atoms with Gasteiger partial charge in [-0.05, 0) is 49.2 Å². The molecular weight excluding hydrogens is 460 g/mol. The average Bonchev–Trinajstić information content (AvgIpc) is 3.51. The zero-order valence-corrected chi connectivity index (χ0v) is 20.3. The summed E-state index contributed by atoms with van der Waals surface area (Å²) in [5, 5.41) is 1.15. The summed E-state index contributed by atoms with van der Waals surface area (Å²) in [5.74, 6) is 1.14. The third-order valence-electron chi connectivity index (χ3n) is 6.28. The second kappa shape index (κ2) is 9.24. The average molecular weight is 485 g/mol. The summed E-state index contributed by atoms with van der Waals surface area (Å²) in [6.07, 6.45) is 6.14. The molecule has 0 N–H and O–H groups in total. The van der Waals surface area contributed by atoms with Gasteiger partial charge < -0.3 is 9.30 Å². The molecule has 0 aliphatic carbocycles. The van der Waals surface area contributed by atoms with Gasteiger partial charge in [0.2, 0.25) is 0 Å². The van der Waals surface area contributed by atoms with Crippen LogP contribution in [0, 0.1) is 0 Å². The van der Waals surface area contributed by atoms with Crippen molar-refractivity contribution in [2.24, 2.45) is 0 Å². The Labute approximate surface area is 206 Å². The number of hydrogen-bond donors (Lipinski definition) is 0. The van der Waals surface area contributed by atoms with Crippen molar-refractivity contribution in [3.8, 4) is 0 Å². The number of benzene rings is 2. The van der Waals surface area contributed by atoms with Crippen molar-refractivity contribution >= 4 is 44.9 Å². The number of thiazole rings is 1. The number of pyridine rings is 1. The molecule has 170 valence electrons. The summed E-state index contributed by atoms with van der Waals surface area (Å²) in [5.41, 5.74) is 3.78. The summed E-state index contributed by atoms with van der Waals surface area (Å²) < 4.78 is 3.25. The van der Waals surface area contributed by atoms with Gasteiger partial charge in [-0.3, -0.25) is 4.79 Å². The van der Waals surface area contributed by atoms with E-state index in [1.165, 1.54) is 4.70 Å². The molecule has 6 rings (SSSR count). The Morgan fingerprint density at radius 3 is 2.79 bits per heavy atom. The molecule has 1 fully saturated rings. The zero-order chi connectivity index (χ0) is 22.9. The maximum absolute atomic E-state index is 13.6. The highest BCUT2D eigenvalue weighted by Crippen LogP contribution is 2.34. The van der Waals surface area contributed by atoms with E-state index in [1.807, 2.05) is 64.0 Å². The van der Waals surface area contributed by atoms with Crippen LogP contribution in [0.2, 0.25) is 0 Å². The van der Waals surface area contributed by atoms with Gasteiger partial charge in [-0.2, -0.15) is 0 Å². The fraction of sp³-hybridized carbons (Fsp3) is 0.222. The van der Waals surface area contributed by atoms with Crippen molar-refractivity contribution in [1.82, 2.24) is 19.3 Å². The van der Waals surface area contributed by atoms with Gasteiger partial charge in [0.15, 0.2) is 0 Å². The van der Waals surface area contributed by atoms with Crippen LogP contribution in [0.3, 0.4) is 0 Å². The maximum Gasteiger partial charge on any atom is 0.255 e. The lowest BCUT2D eigenvalue weighted by molar-refractivity contribution is 0.0703. The lowest BCUT2D eigenvalue weighted by Gasteiger charge is -2.32. The predicted octanol–water partition coefficient (Wildman–Crippen LogP) is 6.26. The number of piperidine rings is 1. The SMILES string of the molecule is O=C(c1ccccc1SCc1cn2ccccc2n1)N1CCC[C@H](c2nc3ccccc3s2)C1. The van der Waals surface area contributed by atoms with E-state index in [2.05, 4.69) is 24.4 Å². The molecule has 1 amide bonds. The van der Waals surface area contributed by atoms with Gasteiger partial charge in [-0.1, -0.05) is 30.3 Å². The highest BCUT2D eigenvalue weighted by Gasteiger charge is 2.28. The Hall–Kier alpha value is -3.16. The number of carbonyl (C=O) groups is 1. The molecular formula is C27H24N4OS2. The van der Waals surface area contributed by atoms with Crippen molar-refractivity contribution in [2.45, 2.75) is 29.4 Å². The molecule has 1 saturated heterocycles. The summed E-state index contributed by atoms with van der Waals surface area (Å²) in [7, 11) is 0. The highest BCUT2D eigenvalue weighted by molar-refractivity contribution is 7.98. The first-order valence-electron chi connectivity index (χ1n) is 11.5. The number of hydrogen-bond acceptors (Lipinski definition) is 5. The molecule has 4 heterocycles. The molecule has 1 aliphatic rings. The van der Waals surface area contributed by atoms with E-state index in [0.29, 0.717) is 5.92 Å². The van der Waals surface area contributed by atoms with Crippen LogP contribution in [0.4, 0.5) is 0 Å². The number of rotatable bonds is 5. The van der Waals surface area contributed by atoms with E-state index >= 15 is 0 Å². The second-order valence-electron chi connectivity index (χ2n) is 8.59. The number of likely N-dealkylation sites (tertiary alicyclic amines) is 1. The third-order valence-corrected chi connectivity index (χ3v) is 8.58. The normalized spacial score (nSPS) is 16.4. The monoisotopic (exact) mass is 484 g/mol. The Bertz CT molecular complexity index is 1410. The molecule has 34 heavy (non-hydrogen) atoms. The molecule has 5 aromatic rings. The fourth-order valence-electron chi connectivity index (χ4n) is 4.58. The standard InChI is InChI=1S/C27H24N4OS2/c32-27(31-15-7-8-19(16-31)26-29-22-10-2-4-12-24(22)34-26)21-9-1-3-11-23(21)33-18-20-17-30-14-6-5-13-25(30)28-20/h1-6,9-14,17,19H,7-8,15-16,18H2/t19-/m0/s1. The van der Waals surface area contributed by atoms with Crippen LogP contribution >= 0.6 is 23.1 Å². The van der Waals surface area contributed by atoms with Crippen LogP contribution in [0.15, 0.2) is 84.0 Å². The first kappa shape index (κ1) is 21.4. The predicted molar refractivity (Wildman–Crippen MR) is 139 cm³/mol. The summed E-state index contributed by atoms with van der Waals surface area (Å²) >= 11 is 3.44. The van der Waals surface area contributed by atoms with Crippen LogP contribution < -0.4 is 0 Å². The second-order valence-corrected chi connectivity index (χ2v) is 10.7. The number of thioether (sulfide) groups is 1. The number of aromatic nitrogens is 3. The van der Waals surface area contributed by atoms with Crippen molar-refractivity contribution in [1.29, 1.82) is 0 Å². The van der Waals surface area contributed by atoms with Crippen molar-refractivity contribution in [3.05, 3.63) is 95.4 Å². The topological polar surface area (TPSA) is 50.5 Å². The molecule has 0 radical (unpaired) electrons. The molecule has 1 aliphatic heterocycles. The number of fused-ring (bicyclic) bond motifs is 2.